The number of imidazole rings is 2. The zero-order valence-electron chi connectivity index (χ0n) is 28.1. The molecule has 2 amide bonds. The molecule has 0 saturated carbocycles. The molecule has 0 aliphatic carbocycles. The Morgan fingerprint density at radius 1 is 1.16 bits per heavy atom. The lowest BCUT2D eigenvalue weighted by Crippen LogP contribution is -2.41. The van der Waals surface area contributed by atoms with Gasteiger partial charge in [0, 0.05) is 38.7 Å². The largest absolute Gasteiger partial charge is 0.488 e. The topological polar surface area (TPSA) is 136 Å². The third-order valence-corrected chi connectivity index (χ3v) is 10.3. The van der Waals surface area contributed by atoms with E-state index in [9.17, 15) is 14.4 Å². The molecule has 2 aromatic heterocycles. The van der Waals surface area contributed by atoms with E-state index in [1.807, 2.05) is 31.0 Å². The van der Waals surface area contributed by atoms with Crippen molar-refractivity contribution in [2.24, 2.45) is 0 Å². The molecule has 1 saturated heterocycles. The second kappa shape index (κ2) is 14.1. The van der Waals surface area contributed by atoms with Crippen LogP contribution >= 0.6 is 8.73 Å². The van der Waals surface area contributed by atoms with E-state index in [-0.39, 0.29) is 39.2 Å². The average Bonchev–Trinajstić information content (AvgIpc) is 3.89. The Hall–Kier alpha value is -4.60. The molecule has 254 valence electrons. The van der Waals surface area contributed by atoms with Gasteiger partial charge < -0.3 is 24.5 Å². The molecule has 3 atom stereocenters. The van der Waals surface area contributed by atoms with Gasteiger partial charge >= 0.3 is 0 Å². The van der Waals surface area contributed by atoms with Crippen LogP contribution in [0.3, 0.4) is 0 Å². The first-order chi connectivity index (χ1) is 23.9. The molecule has 0 bridgehead atoms. The van der Waals surface area contributed by atoms with E-state index >= 15 is 0 Å². The number of hydrogen-bond donors (Lipinski definition) is 3. The van der Waals surface area contributed by atoms with Crippen LogP contribution in [0.4, 0.5) is 0 Å². The molecule has 0 spiro atoms. The predicted molar refractivity (Wildman–Crippen MR) is 193 cm³/mol. The molecule has 5 aromatic rings. The van der Waals surface area contributed by atoms with Gasteiger partial charge in [0.1, 0.15) is 24.0 Å². The molecular formula is C37H42N7O4P. The zero-order valence-corrected chi connectivity index (χ0v) is 29.1. The minimum atomic E-state index is -0.102. The number of ether oxygens (including phenoxy) is 1. The summed E-state index contributed by atoms with van der Waals surface area (Å²) in [5.41, 5.74) is 6.97. The van der Waals surface area contributed by atoms with Crippen LogP contribution < -0.4 is 9.82 Å². The van der Waals surface area contributed by atoms with Crippen LogP contribution in [0.25, 0.3) is 44.2 Å². The number of carbonyl (C=O) groups excluding carboxylic acids is 3. The van der Waals surface area contributed by atoms with E-state index in [1.165, 1.54) is 0 Å². The van der Waals surface area contributed by atoms with Gasteiger partial charge in [0.25, 0.3) is 0 Å². The molecule has 12 heteroatoms. The summed E-state index contributed by atoms with van der Waals surface area (Å²) in [5, 5.41) is 4.94. The third kappa shape index (κ3) is 6.45. The van der Waals surface area contributed by atoms with E-state index < -0.39 is 0 Å². The summed E-state index contributed by atoms with van der Waals surface area (Å²) in [7, 11) is -0.102. The number of fused-ring (bicyclic) bond motifs is 6. The molecule has 1 unspecified atom stereocenters. The summed E-state index contributed by atoms with van der Waals surface area (Å²) >= 11 is 0. The van der Waals surface area contributed by atoms with Gasteiger partial charge in [-0.3, -0.25) is 19.5 Å². The number of hydrogen-bond acceptors (Lipinski definition) is 7. The van der Waals surface area contributed by atoms with Crippen molar-refractivity contribution in [3.63, 3.8) is 0 Å². The van der Waals surface area contributed by atoms with Gasteiger partial charge in [-0.05, 0) is 78.9 Å². The van der Waals surface area contributed by atoms with Crippen molar-refractivity contribution < 1.29 is 19.1 Å². The number of aromatic nitrogens is 4. The minimum Gasteiger partial charge on any atom is -0.488 e. The molecule has 2 aliphatic rings. The molecule has 0 radical (unpaired) electrons. The number of amides is 2. The number of nitrogens with one attached hydrogen (secondary N) is 3. The summed E-state index contributed by atoms with van der Waals surface area (Å²) in [4.78, 5) is 56.8. The smallest absolute Gasteiger partial charge is 0.237 e. The first kappa shape index (κ1) is 32.9. The maximum absolute atomic E-state index is 13.0. The Morgan fingerprint density at radius 2 is 2.04 bits per heavy atom. The van der Waals surface area contributed by atoms with Crippen LogP contribution in [0.15, 0.2) is 48.7 Å². The zero-order chi connectivity index (χ0) is 34.1. The van der Waals surface area contributed by atoms with Gasteiger partial charge in [0.15, 0.2) is 6.03 Å². The highest BCUT2D eigenvalue weighted by Gasteiger charge is 2.31. The van der Waals surface area contributed by atoms with Gasteiger partial charge in [0.2, 0.25) is 11.8 Å². The van der Waals surface area contributed by atoms with Crippen LogP contribution in [0.2, 0.25) is 0 Å². The Labute approximate surface area is 287 Å². The Morgan fingerprint density at radius 3 is 2.86 bits per heavy atom. The van der Waals surface area contributed by atoms with E-state index in [4.69, 9.17) is 14.7 Å². The fourth-order valence-electron chi connectivity index (χ4n) is 7.08. The van der Waals surface area contributed by atoms with Crippen molar-refractivity contribution in [2.45, 2.75) is 78.1 Å². The lowest BCUT2D eigenvalue weighted by Gasteiger charge is -2.27. The van der Waals surface area contributed by atoms with Crippen LogP contribution in [-0.4, -0.2) is 66.7 Å². The summed E-state index contributed by atoms with van der Waals surface area (Å²) in [6.45, 7) is 7.80. The Balaban J connectivity index is 1.14. The number of carbonyl (C=O) groups is 3. The molecule has 4 heterocycles. The number of aromatic amines is 2. The molecule has 49 heavy (non-hydrogen) atoms. The number of rotatable bonds is 12. The normalized spacial score (nSPS) is 16.2. The predicted octanol–water partition coefficient (Wildman–Crippen LogP) is 6.63. The Kier molecular flexibility index (Phi) is 9.47. The highest BCUT2D eigenvalue weighted by molar-refractivity contribution is 7.52. The monoisotopic (exact) mass is 679 g/mol. The molecule has 3 N–H and O–H groups in total. The quantitative estimate of drug-likeness (QED) is 0.0765. The van der Waals surface area contributed by atoms with E-state index in [2.05, 4.69) is 58.4 Å². The van der Waals surface area contributed by atoms with Crippen molar-refractivity contribution in [1.82, 2.24) is 34.8 Å². The lowest BCUT2D eigenvalue weighted by atomic mass is 9.92. The van der Waals surface area contributed by atoms with Crippen molar-refractivity contribution in [3.8, 4) is 28.1 Å². The van der Waals surface area contributed by atoms with Crippen LogP contribution in [-0.2, 0) is 27.5 Å². The number of benzene rings is 3. The van der Waals surface area contributed by atoms with Gasteiger partial charge in [-0.1, -0.05) is 32.0 Å². The first-order valence-electron chi connectivity index (χ1n) is 17.2. The fourth-order valence-corrected chi connectivity index (χ4v) is 7.42. The molecule has 7 rings (SSSR count). The maximum Gasteiger partial charge on any atom is 0.237 e. The van der Waals surface area contributed by atoms with Crippen molar-refractivity contribution in [1.29, 1.82) is 0 Å². The Bertz CT molecular complexity index is 2040. The summed E-state index contributed by atoms with van der Waals surface area (Å²) < 4.78 is 6.35. The van der Waals surface area contributed by atoms with E-state index in [0.717, 1.165) is 99.6 Å². The second-order valence-corrected chi connectivity index (χ2v) is 13.8. The van der Waals surface area contributed by atoms with Gasteiger partial charge in [0.05, 0.1) is 42.1 Å². The summed E-state index contributed by atoms with van der Waals surface area (Å²) in [6.07, 6.45) is 6.01. The number of nitrogens with zero attached hydrogens (tertiary/aromatic N) is 4. The minimum absolute atomic E-state index is 0.00380. The summed E-state index contributed by atoms with van der Waals surface area (Å²) in [6, 6.07) is 15.6. The fraction of sp³-hybridized carbons (Fsp3) is 0.378. The highest BCUT2D eigenvalue weighted by Crippen LogP contribution is 2.43. The number of likely N-dealkylation sites (tertiary alicyclic amines) is 1. The van der Waals surface area contributed by atoms with Gasteiger partial charge in [-0.15, -0.1) is 0 Å². The van der Waals surface area contributed by atoms with Gasteiger partial charge in [-0.25, -0.2) is 9.97 Å². The summed E-state index contributed by atoms with van der Waals surface area (Å²) in [5.74, 6) is 2.51. The van der Waals surface area contributed by atoms with Gasteiger partial charge in [-0.2, -0.15) is 0 Å². The van der Waals surface area contributed by atoms with Crippen LogP contribution in [0.1, 0.15) is 76.1 Å². The highest BCUT2D eigenvalue weighted by atomic mass is 31.1. The van der Waals surface area contributed by atoms with E-state index in [1.54, 1.807) is 4.90 Å². The number of H-pyrrole nitrogens is 2. The molecule has 2 aliphatic heterocycles. The maximum atomic E-state index is 13.0. The second-order valence-electron chi connectivity index (χ2n) is 12.9. The van der Waals surface area contributed by atoms with Crippen LogP contribution in [0.5, 0.6) is 5.75 Å². The molecule has 1 fully saturated rings. The van der Waals surface area contributed by atoms with Crippen molar-refractivity contribution >= 4 is 48.4 Å². The molecule has 3 aromatic carbocycles. The first-order valence-corrected chi connectivity index (χ1v) is 18.2. The van der Waals surface area contributed by atoms with E-state index in [0.29, 0.717) is 25.4 Å². The SMILES string of the molecule is CCCC(=O)N1CCC[C@H]1c1ncc(-c2ccc3c(c2)COc2cc4c(ccc5[nH]c(CN(C(=O)CNPC=O)[C@@H](C)CC)nc54)cc2-3)[nH]1. The lowest BCUT2D eigenvalue weighted by molar-refractivity contribution is -0.133. The molecule has 11 nitrogen and oxygen atoms in total. The standard InChI is InChI=1S/C37H42N7O4P/c1-4-7-34(46)43-13-6-8-31(43)37-38-17-30(41-37)24-9-11-26-25(14-24)20-48-32-16-27-23(15-28(26)32)10-12-29-36(27)42-33(40-29)19-44(22(3)5-2)35(47)18-39-49-21-45/h9-12,14-17,21-22,31,39,49H,4-8,13,18-20H2,1-3H3,(H,38,41)(H,40,42)/t22-,31-/m0/s1. The molecular weight excluding hydrogens is 637 g/mol. The van der Waals surface area contributed by atoms with Crippen molar-refractivity contribution in [2.75, 3.05) is 13.1 Å². The van der Waals surface area contributed by atoms with Crippen molar-refractivity contribution in [3.05, 3.63) is 65.9 Å². The average molecular weight is 680 g/mol. The van der Waals surface area contributed by atoms with Crippen LogP contribution in [0, 0.1) is 0 Å². The third-order valence-electron chi connectivity index (χ3n) is 9.82.